The number of carbonyl (C=O) groups excluding carboxylic acids is 2. The number of fused-ring (bicyclic) bond motifs is 1. The van der Waals surface area contributed by atoms with Gasteiger partial charge in [-0.1, -0.05) is 12.2 Å². The molecule has 0 aromatic heterocycles. The van der Waals surface area contributed by atoms with Gasteiger partial charge in [0, 0.05) is 18.8 Å². The van der Waals surface area contributed by atoms with E-state index in [4.69, 9.17) is 4.74 Å². The number of ether oxygens (including phenoxy) is 1. The first kappa shape index (κ1) is 13.3. The maximum absolute atomic E-state index is 12.0. The minimum absolute atomic E-state index is 0.00850. The van der Waals surface area contributed by atoms with Crippen molar-refractivity contribution in [3.05, 3.63) is 35.7 Å². The Hall–Kier alpha value is -1.69. The van der Waals surface area contributed by atoms with Gasteiger partial charge in [-0.2, -0.15) is 0 Å². The molecule has 0 aromatic rings. The average molecular weight is 292 g/mol. The molecule has 3 aliphatic rings. The van der Waals surface area contributed by atoms with Crippen molar-refractivity contribution in [2.75, 3.05) is 26.0 Å². The molecule has 0 radical (unpaired) electrons. The van der Waals surface area contributed by atoms with Crippen molar-refractivity contribution in [1.82, 2.24) is 9.80 Å². The van der Waals surface area contributed by atoms with Crippen molar-refractivity contribution in [2.24, 2.45) is 0 Å². The number of thioether (sulfide) groups is 1. The van der Waals surface area contributed by atoms with Crippen LogP contribution in [0.4, 0.5) is 0 Å². The van der Waals surface area contributed by atoms with Gasteiger partial charge in [0.15, 0.2) is 0 Å². The molecule has 0 saturated carbocycles. The zero-order chi connectivity index (χ0) is 14.1. The lowest BCUT2D eigenvalue weighted by atomic mass is 10.1. The molecule has 0 N–H and O–H groups in total. The van der Waals surface area contributed by atoms with Crippen LogP contribution in [0.5, 0.6) is 0 Å². The standard InChI is InChI=1S/C14H16N2O3S/c1-19-14(18)13-10(8-15-5-3-2-4-6-15)9-20-12-7-11(17)16(12)13/h2-5,12H,6-9H2,1H3. The number of methoxy groups -OCH3 is 1. The minimum Gasteiger partial charge on any atom is -0.464 e. The zero-order valence-electron chi connectivity index (χ0n) is 11.2. The van der Waals surface area contributed by atoms with Gasteiger partial charge >= 0.3 is 5.97 Å². The average Bonchev–Trinajstić information content (AvgIpc) is 2.47. The fourth-order valence-electron chi connectivity index (χ4n) is 2.55. The summed E-state index contributed by atoms with van der Waals surface area (Å²) in [6.07, 6.45) is 8.54. The normalized spacial score (nSPS) is 24.6. The van der Waals surface area contributed by atoms with Crippen molar-refractivity contribution in [1.29, 1.82) is 0 Å². The molecule has 1 atom stereocenters. The first-order valence-electron chi connectivity index (χ1n) is 6.52. The van der Waals surface area contributed by atoms with Crippen LogP contribution in [0.3, 0.4) is 0 Å². The van der Waals surface area contributed by atoms with Gasteiger partial charge in [-0.15, -0.1) is 11.8 Å². The van der Waals surface area contributed by atoms with E-state index >= 15 is 0 Å². The number of β-lactam (4-membered cyclic amide) rings is 1. The third-order valence-corrected chi connectivity index (χ3v) is 4.87. The maximum atomic E-state index is 12.0. The number of amides is 1. The molecule has 0 spiro atoms. The third kappa shape index (κ3) is 2.24. The lowest BCUT2D eigenvalue weighted by Crippen LogP contribution is -2.54. The van der Waals surface area contributed by atoms with Crippen LogP contribution in [0.15, 0.2) is 35.7 Å². The summed E-state index contributed by atoms with van der Waals surface area (Å²) in [5.41, 5.74) is 1.42. The smallest absolute Gasteiger partial charge is 0.354 e. The predicted octanol–water partition coefficient (Wildman–Crippen LogP) is 1.10. The molecule has 1 fully saturated rings. The molecule has 20 heavy (non-hydrogen) atoms. The highest BCUT2D eigenvalue weighted by atomic mass is 32.2. The van der Waals surface area contributed by atoms with Crippen molar-refractivity contribution >= 4 is 23.6 Å². The number of allylic oxidation sites excluding steroid dienone is 2. The number of esters is 1. The summed E-state index contributed by atoms with van der Waals surface area (Å²) >= 11 is 1.72. The van der Waals surface area contributed by atoms with E-state index in [2.05, 4.69) is 11.0 Å². The Morgan fingerprint density at radius 3 is 3.00 bits per heavy atom. The predicted molar refractivity (Wildman–Crippen MR) is 76.6 cm³/mol. The summed E-state index contributed by atoms with van der Waals surface area (Å²) in [5.74, 6) is 0.372. The second-order valence-electron chi connectivity index (χ2n) is 4.88. The first-order chi connectivity index (χ1) is 9.70. The van der Waals surface area contributed by atoms with E-state index in [-0.39, 0.29) is 11.3 Å². The Morgan fingerprint density at radius 2 is 2.35 bits per heavy atom. The molecule has 106 valence electrons. The Labute approximate surface area is 121 Å². The molecule has 3 aliphatic heterocycles. The molecular formula is C14H16N2O3S. The number of hydrogen-bond acceptors (Lipinski definition) is 5. The van der Waals surface area contributed by atoms with Crippen LogP contribution in [0.1, 0.15) is 6.42 Å². The van der Waals surface area contributed by atoms with E-state index in [0.29, 0.717) is 18.7 Å². The van der Waals surface area contributed by atoms with Gasteiger partial charge < -0.3 is 9.64 Å². The Balaban J connectivity index is 1.86. The molecule has 0 aliphatic carbocycles. The third-order valence-electron chi connectivity index (χ3n) is 3.59. The van der Waals surface area contributed by atoms with Crippen LogP contribution >= 0.6 is 11.8 Å². The molecule has 1 amide bonds. The SMILES string of the molecule is COC(=O)C1=C(CN2C=CC=CC2)CSC2CC(=O)N12. The van der Waals surface area contributed by atoms with Gasteiger partial charge in [0.05, 0.1) is 18.9 Å². The molecule has 1 saturated heterocycles. The molecule has 3 heterocycles. The number of carbonyl (C=O) groups is 2. The molecule has 5 nitrogen and oxygen atoms in total. The van der Waals surface area contributed by atoms with E-state index in [1.54, 1.807) is 16.7 Å². The van der Waals surface area contributed by atoms with Crippen LogP contribution in [-0.4, -0.2) is 53.0 Å². The highest BCUT2D eigenvalue weighted by molar-refractivity contribution is 8.00. The van der Waals surface area contributed by atoms with Crippen LogP contribution in [-0.2, 0) is 14.3 Å². The summed E-state index contributed by atoms with van der Waals surface area (Å²) in [4.78, 5) is 27.5. The second kappa shape index (κ2) is 5.36. The van der Waals surface area contributed by atoms with Crippen LogP contribution in [0.2, 0.25) is 0 Å². The van der Waals surface area contributed by atoms with Crippen molar-refractivity contribution < 1.29 is 14.3 Å². The summed E-state index contributed by atoms with van der Waals surface area (Å²) in [7, 11) is 1.36. The van der Waals surface area contributed by atoms with Crippen LogP contribution < -0.4 is 0 Å². The van der Waals surface area contributed by atoms with Gasteiger partial charge in [-0.25, -0.2) is 4.79 Å². The van der Waals surface area contributed by atoms with Gasteiger partial charge in [-0.3, -0.25) is 9.69 Å². The molecular weight excluding hydrogens is 276 g/mol. The monoisotopic (exact) mass is 292 g/mol. The lowest BCUT2D eigenvalue weighted by molar-refractivity contribution is -0.147. The molecule has 6 heteroatoms. The highest BCUT2D eigenvalue weighted by Gasteiger charge is 2.45. The summed E-state index contributed by atoms with van der Waals surface area (Å²) in [5, 5.41) is 0.108. The fraction of sp³-hybridized carbons (Fsp3) is 0.429. The van der Waals surface area contributed by atoms with Crippen LogP contribution in [0, 0.1) is 0 Å². The van der Waals surface area contributed by atoms with Gasteiger partial charge in [-0.05, 0) is 17.8 Å². The highest BCUT2D eigenvalue weighted by Crippen LogP contribution is 2.40. The topological polar surface area (TPSA) is 49.9 Å². The second-order valence-corrected chi connectivity index (χ2v) is 6.04. The Kier molecular flexibility index (Phi) is 3.56. The summed E-state index contributed by atoms with van der Waals surface area (Å²) < 4.78 is 4.86. The van der Waals surface area contributed by atoms with E-state index in [1.165, 1.54) is 7.11 Å². The number of rotatable bonds is 3. The molecule has 0 bridgehead atoms. The lowest BCUT2D eigenvalue weighted by Gasteiger charge is -2.44. The maximum Gasteiger partial charge on any atom is 0.354 e. The van der Waals surface area contributed by atoms with Crippen LogP contribution in [0.25, 0.3) is 0 Å². The minimum atomic E-state index is -0.408. The zero-order valence-corrected chi connectivity index (χ0v) is 12.1. The Morgan fingerprint density at radius 1 is 1.50 bits per heavy atom. The van der Waals surface area contributed by atoms with Crippen molar-refractivity contribution in [2.45, 2.75) is 11.8 Å². The van der Waals surface area contributed by atoms with E-state index in [1.807, 2.05) is 18.4 Å². The number of nitrogens with zero attached hydrogens (tertiary/aromatic N) is 2. The number of hydrogen-bond donors (Lipinski definition) is 0. The molecule has 0 aromatic carbocycles. The summed E-state index contributed by atoms with van der Waals surface area (Å²) in [6, 6.07) is 0. The van der Waals surface area contributed by atoms with Gasteiger partial charge in [0.1, 0.15) is 5.70 Å². The molecule has 3 rings (SSSR count). The first-order valence-corrected chi connectivity index (χ1v) is 7.57. The fourth-order valence-corrected chi connectivity index (χ4v) is 3.81. The summed E-state index contributed by atoms with van der Waals surface area (Å²) in [6.45, 7) is 1.46. The van der Waals surface area contributed by atoms with E-state index in [9.17, 15) is 9.59 Å². The van der Waals surface area contributed by atoms with Gasteiger partial charge in [0.2, 0.25) is 5.91 Å². The Bertz CT molecular complexity index is 539. The van der Waals surface area contributed by atoms with Gasteiger partial charge in [0.25, 0.3) is 0 Å². The molecule has 1 unspecified atom stereocenters. The largest absolute Gasteiger partial charge is 0.464 e. The van der Waals surface area contributed by atoms with Crippen molar-refractivity contribution in [3.63, 3.8) is 0 Å². The van der Waals surface area contributed by atoms with E-state index < -0.39 is 5.97 Å². The van der Waals surface area contributed by atoms with E-state index in [0.717, 1.165) is 17.9 Å². The van der Waals surface area contributed by atoms with Crippen molar-refractivity contribution in [3.8, 4) is 0 Å². The quantitative estimate of drug-likeness (QED) is 0.576.